The Kier molecular flexibility index (Phi) is 10.8. The van der Waals surface area contributed by atoms with Gasteiger partial charge in [-0.2, -0.15) is 17.6 Å². The number of benzene rings is 2. The highest BCUT2D eigenvalue weighted by molar-refractivity contribution is 6.40. The van der Waals surface area contributed by atoms with E-state index in [1.54, 1.807) is 0 Å². The molecule has 0 heterocycles. The van der Waals surface area contributed by atoms with E-state index in [1.807, 2.05) is 10.6 Å². The second kappa shape index (κ2) is 13.6. The van der Waals surface area contributed by atoms with Crippen molar-refractivity contribution in [2.75, 3.05) is 11.9 Å². The van der Waals surface area contributed by atoms with Gasteiger partial charge in [0, 0.05) is 23.7 Å². The van der Waals surface area contributed by atoms with E-state index < -0.39 is 102 Å². The molecule has 0 aliphatic carbocycles. The van der Waals surface area contributed by atoms with E-state index in [2.05, 4.69) is 5.32 Å². The lowest BCUT2D eigenvalue weighted by Crippen LogP contribution is -2.52. The van der Waals surface area contributed by atoms with Crippen molar-refractivity contribution in [3.63, 3.8) is 0 Å². The van der Waals surface area contributed by atoms with Gasteiger partial charge in [0.2, 0.25) is 11.7 Å². The molecular weight excluding hydrogens is 568 g/mol. The summed E-state index contributed by atoms with van der Waals surface area (Å²) in [6.45, 7) is 1.13. The first-order valence-electron chi connectivity index (χ1n) is 11.6. The number of hydrogen-bond acceptors (Lipinski definition) is 6. The summed E-state index contributed by atoms with van der Waals surface area (Å²) in [5, 5.41) is 15.1. The minimum absolute atomic E-state index is 0.153. The molecule has 2 atom stereocenters. The van der Waals surface area contributed by atoms with E-state index in [0.717, 1.165) is 26.0 Å². The van der Waals surface area contributed by atoms with Crippen molar-refractivity contribution in [2.45, 2.75) is 44.9 Å². The van der Waals surface area contributed by atoms with Crippen molar-refractivity contribution in [1.82, 2.24) is 10.6 Å². The highest BCUT2D eigenvalue weighted by Gasteiger charge is 2.30. The Hall–Kier alpha value is -4.63. The SMILES string of the molecule is Cc1c(F)cc(F)c(F)c1OCC(=O)[C@H](CCC(=O)O)NC(=O)[C@H](C)NC(=O)C(=O)Nc1ccc(C(F)(F)F)cc1. The van der Waals surface area contributed by atoms with E-state index in [-0.39, 0.29) is 11.8 Å². The van der Waals surface area contributed by atoms with Crippen LogP contribution >= 0.6 is 0 Å². The standard InChI is InChI=1S/C25H23F6N3O7/c1-11-15(26)9-16(27)20(28)21(11)41-10-18(35)17(7-8-19(36)37)34-22(38)12(2)32-23(39)24(40)33-14-5-3-13(4-6-14)25(29,30)31/h3-6,9,12,17H,7-8,10H2,1-2H3,(H,32,39)(H,33,40)(H,34,38)(H,36,37)/t12-,17-/m0/s1. The quantitative estimate of drug-likeness (QED) is 0.178. The van der Waals surface area contributed by atoms with Gasteiger partial charge in [-0.25, -0.2) is 8.78 Å². The molecule has 0 bridgehead atoms. The Morgan fingerprint density at radius 3 is 2.12 bits per heavy atom. The second-order valence-corrected chi connectivity index (χ2v) is 8.58. The first-order valence-corrected chi connectivity index (χ1v) is 11.6. The number of ether oxygens (including phenoxy) is 1. The summed E-state index contributed by atoms with van der Waals surface area (Å²) in [6, 6.07) is 0.353. The van der Waals surface area contributed by atoms with Crippen LogP contribution in [-0.4, -0.2) is 53.3 Å². The Bertz CT molecular complexity index is 1310. The van der Waals surface area contributed by atoms with Crippen LogP contribution in [-0.2, 0) is 30.1 Å². The molecular formula is C25H23F6N3O7. The molecule has 0 saturated carbocycles. The van der Waals surface area contributed by atoms with Gasteiger partial charge in [0.05, 0.1) is 11.6 Å². The van der Waals surface area contributed by atoms with Crippen molar-refractivity contribution in [2.24, 2.45) is 0 Å². The van der Waals surface area contributed by atoms with Crippen LogP contribution in [0.4, 0.5) is 32.0 Å². The van der Waals surface area contributed by atoms with Crippen LogP contribution in [0.1, 0.15) is 30.9 Å². The molecule has 0 aromatic heterocycles. The lowest BCUT2D eigenvalue weighted by Gasteiger charge is -2.21. The third-order valence-corrected chi connectivity index (χ3v) is 5.49. The van der Waals surface area contributed by atoms with Gasteiger partial charge in [-0.05, 0) is 44.5 Å². The molecule has 0 radical (unpaired) electrons. The largest absolute Gasteiger partial charge is 0.482 e. The predicted molar refractivity (Wildman–Crippen MR) is 128 cm³/mol. The summed E-state index contributed by atoms with van der Waals surface area (Å²) in [6.07, 6.45) is -5.74. The van der Waals surface area contributed by atoms with E-state index in [1.165, 1.54) is 0 Å². The molecule has 222 valence electrons. The summed E-state index contributed by atoms with van der Waals surface area (Å²) in [4.78, 5) is 60.4. The number of rotatable bonds is 11. The molecule has 2 aromatic carbocycles. The lowest BCUT2D eigenvalue weighted by atomic mass is 10.1. The first-order chi connectivity index (χ1) is 19.0. The number of carbonyl (C=O) groups excluding carboxylic acids is 4. The van der Waals surface area contributed by atoms with Crippen LogP contribution in [0.15, 0.2) is 30.3 Å². The number of halogens is 6. The van der Waals surface area contributed by atoms with Gasteiger partial charge < -0.3 is 25.8 Å². The smallest absolute Gasteiger partial charge is 0.416 e. The Morgan fingerprint density at radius 2 is 1.56 bits per heavy atom. The van der Waals surface area contributed by atoms with Gasteiger partial charge >= 0.3 is 24.0 Å². The maximum atomic E-state index is 14.0. The van der Waals surface area contributed by atoms with Gasteiger partial charge in [0.15, 0.2) is 17.3 Å². The van der Waals surface area contributed by atoms with E-state index >= 15 is 0 Å². The topological polar surface area (TPSA) is 151 Å². The maximum absolute atomic E-state index is 14.0. The zero-order valence-electron chi connectivity index (χ0n) is 21.3. The molecule has 10 nitrogen and oxygen atoms in total. The van der Waals surface area contributed by atoms with Crippen molar-refractivity contribution in [3.8, 4) is 5.75 Å². The van der Waals surface area contributed by atoms with E-state index in [4.69, 9.17) is 9.84 Å². The number of anilines is 1. The van der Waals surface area contributed by atoms with Crippen LogP contribution in [0, 0.1) is 24.4 Å². The van der Waals surface area contributed by atoms with E-state index in [0.29, 0.717) is 12.1 Å². The molecule has 0 spiro atoms. The maximum Gasteiger partial charge on any atom is 0.416 e. The van der Waals surface area contributed by atoms with Crippen molar-refractivity contribution < 1.29 is 60.2 Å². The summed E-state index contributed by atoms with van der Waals surface area (Å²) >= 11 is 0. The number of nitrogens with one attached hydrogen (secondary N) is 3. The van der Waals surface area contributed by atoms with Crippen LogP contribution in [0.5, 0.6) is 5.75 Å². The third kappa shape index (κ3) is 9.22. The molecule has 41 heavy (non-hydrogen) atoms. The molecule has 2 rings (SSSR count). The fourth-order valence-electron chi connectivity index (χ4n) is 3.22. The second-order valence-electron chi connectivity index (χ2n) is 8.58. The molecule has 3 amide bonds. The molecule has 0 fully saturated rings. The lowest BCUT2D eigenvalue weighted by molar-refractivity contribution is -0.139. The summed E-state index contributed by atoms with van der Waals surface area (Å²) < 4.78 is 84.1. The molecule has 0 aliphatic heterocycles. The summed E-state index contributed by atoms with van der Waals surface area (Å²) in [7, 11) is 0. The number of hydrogen-bond donors (Lipinski definition) is 4. The van der Waals surface area contributed by atoms with Gasteiger partial charge in [-0.15, -0.1) is 0 Å². The summed E-state index contributed by atoms with van der Waals surface area (Å²) in [5.41, 5.74) is -1.60. The first kappa shape index (κ1) is 32.6. The van der Waals surface area contributed by atoms with Gasteiger partial charge in [-0.1, -0.05) is 0 Å². The predicted octanol–water partition coefficient (Wildman–Crippen LogP) is 2.87. The zero-order valence-corrected chi connectivity index (χ0v) is 21.3. The van der Waals surface area contributed by atoms with Gasteiger partial charge in [0.25, 0.3) is 0 Å². The average Bonchev–Trinajstić information content (AvgIpc) is 2.89. The highest BCUT2D eigenvalue weighted by Crippen LogP contribution is 2.30. The Morgan fingerprint density at radius 1 is 0.951 bits per heavy atom. The number of ketones is 1. The number of Topliss-reactive ketones (excluding diaryl/α,β-unsaturated/α-hetero) is 1. The van der Waals surface area contributed by atoms with Gasteiger partial charge in [0.1, 0.15) is 18.5 Å². The van der Waals surface area contributed by atoms with Crippen molar-refractivity contribution in [3.05, 3.63) is 58.9 Å². The van der Waals surface area contributed by atoms with Crippen LogP contribution < -0.4 is 20.7 Å². The molecule has 0 aliphatic rings. The van der Waals surface area contributed by atoms with Gasteiger partial charge in [-0.3, -0.25) is 24.0 Å². The minimum Gasteiger partial charge on any atom is -0.482 e. The monoisotopic (exact) mass is 591 g/mol. The molecule has 0 saturated heterocycles. The van der Waals surface area contributed by atoms with Crippen molar-refractivity contribution >= 4 is 35.2 Å². The Balaban J connectivity index is 2.02. The number of amides is 3. The number of carbonyl (C=O) groups is 5. The van der Waals surface area contributed by atoms with Crippen LogP contribution in [0.25, 0.3) is 0 Å². The summed E-state index contributed by atoms with van der Waals surface area (Å²) in [5.74, 6) is -11.4. The number of carboxylic acid groups (broad SMARTS) is 1. The van der Waals surface area contributed by atoms with E-state index in [9.17, 15) is 50.3 Å². The Labute approximate surface area is 228 Å². The fraction of sp³-hybridized carbons (Fsp3) is 0.320. The number of carboxylic acids is 1. The zero-order chi connectivity index (χ0) is 31.1. The fourth-order valence-corrected chi connectivity index (χ4v) is 3.22. The van der Waals surface area contributed by atoms with Crippen LogP contribution in [0.2, 0.25) is 0 Å². The van der Waals surface area contributed by atoms with Crippen molar-refractivity contribution in [1.29, 1.82) is 0 Å². The molecule has 0 unspecified atom stereocenters. The third-order valence-electron chi connectivity index (χ3n) is 5.49. The molecule has 2 aromatic rings. The number of alkyl halides is 3. The average molecular weight is 591 g/mol. The molecule has 16 heteroatoms. The number of aliphatic carboxylic acids is 1. The minimum atomic E-state index is -4.62. The molecule has 4 N–H and O–H groups in total. The normalized spacial score (nSPS) is 12.6. The van der Waals surface area contributed by atoms with Crippen LogP contribution in [0.3, 0.4) is 0 Å². The highest BCUT2D eigenvalue weighted by atomic mass is 19.4.